The molecule has 0 spiro atoms. The van der Waals surface area contributed by atoms with Gasteiger partial charge >= 0.3 is 0 Å². The van der Waals surface area contributed by atoms with Crippen LogP contribution in [-0.4, -0.2) is 39.7 Å². The molecule has 0 bridgehead atoms. The van der Waals surface area contributed by atoms with Crippen molar-refractivity contribution in [3.63, 3.8) is 0 Å². The van der Waals surface area contributed by atoms with Crippen molar-refractivity contribution in [2.45, 2.75) is 30.3 Å². The molecule has 0 aromatic carbocycles. The van der Waals surface area contributed by atoms with Gasteiger partial charge in [0.2, 0.25) is 10.0 Å². The Morgan fingerprint density at radius 2 is 2.17 bits per heavy atom. The van der Waals surface area contributed by atoms with Gasteiger partial charge in [-0.3, -0.25) is 0 Å². The van der Waals surface area contributed by atoms with Gasteiger partial charge in [0.25, 0.3) is 0 Å². The fourth-order valence-electron chi connectivity index (χ4n) is 1.97. The van der Waals surface area contributed by atoms with Crippen LogP contribution in [0.5, 0.6) is 0 Å². The Bertz CT molecular complexity index is 477. The van der Waals surface area contributed by atoms with Crippen molar-refractivity contribution >= 4 is 10.0 Å². The summed E-state index contributed by atoms with van der Waals surface area (Å²) in [6.45, 7) is 1.85. The highest BCUT2D eigenvalue weighted by molar-refractivity contribution is 7.89. The van der Waals surface area contributed by atoms with Crippen LogP contribution < -0.4 is 10.0 Å². The second kappa shape index (κ2) is 5.83. The normalized spacial score (nSPS) is 18.1. The highest BCUT2D eigenvalue weighted by Crippen LogP contribution is 2.14. The third kappa shape index (κ3) is 3.32. The lowest BCUT2D eigenvalue weighted by Crippen LogP contribution is -2.38. The second-order valence-electron chi connectivity index (χ2n) is 4.40. The zero-order valence-electron chi connectivity index (χ0n) is 10.4. The Balaban J connectivity index is 2.04. The van der Waals surface area contributed by atoms with Gasteiger partial charge in [-0.15, -0.1) is 0 Å². The molecule has 6 nitrogen and oxygen atoms in total. The number of sulfonamides is 1. The van der Waals surface area contributed by atoms with Crippen LogP contribution in [0.2, 0.25) is 0 Å². The van der Waals surface area contributed by atoms with Crippen molar-refractivity contribution in [3.8, 4) is 0 Å². The Kier molecular flexibility index (Phi) is 4.39. The van der Waals surface area contributed by atoms with E-state index in [4.69, 9.17) is 4.74 Å². The van der Waals surface area contributed by atoms with Crippen LogP contribution in [0.3, 0.4) is 0 Å². The molecule has 0 unspecified atom stereocenters. The molecule has 1 aliphatic rings. The Morgan fingerprint density at radius 3 is 2.83 bits per heavy atom. The molecule has 102 valence electrons. The van der Waals surface area contributed by atoms with Gasteiger partial charge in [0, 0.05) is 37.7 Å². The lowest BCUT2D eigenvalue weighted by molar-refractivity contribution is 0.0832. The number of aromatic nitrogens is 1. The van der Waals surface area contributed by atoms with Crippen LogP contribution >= 0.6 is 0 Å². The second-order valence-corrected chi connectivity index (χ2v) is 6.11. The summed E-state index contributed by atoms with van der Waals surface area (Å²) < 4.78 is 32.2. The minimum atomic E-state index is -3.42. The van der Waals surface area contributed by atoms with Gasteiger partial charge in [0.05, 0.1) is 4.90 Å². The number of hydrogen-bond acceptors (Lipinski definition) is 4. The topological polar surface area (TPSA) is 83.2 Å². The zero-order valence-corrected chi connectivity index (χ0v) is 11.2. The zero-order chi connectivity index (χ0) is 13.0. The number of ether oxygens (including phenoxy) is 1. The van der Waals surface area contributed by atoms with Gasteiger partial charge < -0.3 is 15.0 Å². The van der Waals surface area contributed by atoms with Crippen LogP contribution in [-0.2, 0) is 21.3 Å². The monoisotopic (exact) mass is 273 g/mol. The average molecular weight is 273 g/mol. The van der Waals surface area contributed by atoms with E-state index in [9.17, 15) is 8.42 Å². The largest absolute Gasteiger partial charge is 0.381 e. The fraction of sp³-hybridized carbons (Fsp3) is 0.636. The maximum Gasteiger partial charge on any atom is 0.242 e. The van der Waals surface area contributed by atoms with Gasteiger partial charge in [-0.2, -0.15) is 0 Å². The molecule has 0 aliphatic carbocycles. The highest BCUT2D eigenvalue weighted by Gasteiger charge is 2.22. The third-order valence-corrected chi connectivity index (χ3v) is 4.44. The standard InChI is InChI=1S/C11H19N3O3S/c1-12-7-10-6-11(8-13-10)18(15,16)14-9-2-4-17-5-3-9/h6,8-9,12-14H,2-5,7H2,1H3. The molecule has 2 rings (SSSR count). The summed E-state index contributed by atoms with van der Waals surface area (Å²) in [5, 5.41) is 2.97. The minimum Gasteiger partial charge on any atom is -0.381 e. The molecule has 2 heterocycles. The maximum atomic E-state index is 12.1. The molecule has 0 amide bonds. The number of hydrogen-bond donors (Lipinski definition) is 3. The van der Waals surface area contributed by atoms with E-state index >= 15 is 0 Å². The summed E-state index contributed by atoms with van der Waals surface area (Å²) in [5.74, 6) is 0. The van der Waals surface area contributed by atoms with Crippen LogP contribution in [0.1, 0.15) is 18.5 Å². The lowest BCUT2D eigenvalue weighted by atomic mass is 10.1. The predicted octanol–water partition coefficient (Wildman–Crippen LogP) is 0.191. The summed E-state index contributed by atoms with van der Waals surface area (Å²) in [6.07, 6.45) is 2.98. The molecular formula is C11H19N3O3S. The van der Waals surface area contributed by atoms with Gasteiger partial charge in [-0.25, -0.2) is 13.1 Å². The molecule has 3 N–H and O–H groups in total. The Labute approximate surface area is 107 Å². The van der Waals surface area contributed by atoms with Crippen molar-refractivity contribution in [2.75, 3.05) is 20.3 Å². The first kappa shape index (κ1) is 13.5. The molecule has 1 fully saturated rings. The molecule has 0 saturated carbocycles. The smallest absolute Gasteiger partial charge is 0.242 e. The number of nitrogens with one attached hydrogen (secondary N) is 3. The van der Waals surface area contributed by atoms with E-state index in [1.54, 1.807) is 6.07 Å². The molecule has 0 atom stereocenters. The lowest BCUT2D eigenvalue weighted by Gasteiger charge is -2.22. The molecule has 1 aliphatic heterocycles. The van der Waals surface area contributed by atoms with E-state index < -0.39 is 10.0 Å². The summed E-state index contributed by atoms with van der Waals surface area (Å²) in [4.78, 5) is 3.23. The number of rotatable bonds is 5. The van der Waals surface area contributed by atoms with Crippen LogP contribution in [0.25, 0.3) is 0 Å². The van der Waals surface area contributed by atoms with Crippen LogP contribution in [0.4, 0.5) is 0 Å². The van der Waals surface area contributed by atoms with E-state index in [1.807, 2.05) is 7.05 Å². The Hall–Kier alpha value is -0.890. The van der Waals surface area contributed by atoms with Crippen LogP contribution in [0.15, 0.2) is 17.2 Å². The van der Waals surface area contributed by atoms with E-state index in [2.05, 4.69) is 15.0 Å². The van der Waals surface area contributed by atoms with Crippen molar-refractivity contribution in [1.29, 1.82) is 0 Å². The summed E-state index contributed by atoms with van der Waals surface area (Å²) in [7, 11) is -1.61. The van der Waals surface area contributed by atoms with Crippen molar-refractivity contribution < 1.29 is 13.2 Å². The molecule has 1 aromatic rings. The van der Waals surface area contributed by atoms with E-state index in [0.29, 0.717) is 24.7 Å². The number of H-pyrrole nitrogens is 1. The summed E-state index contributed by atoms with van der Waals surface area (Å²) >= 11 is 0. The summed E-state index contributed by atoms with van der Waals surface area (Å²) in [6, 6.07) is 1.63. The van der Waals surface area contributed by atoms with Gasteiger partial charge in [-0.05, 0) is 26.0 Å². The first-order valence-electron chi connectivity index (χ1n) is 6.04. The van der Waals surface area contributed by atoms with Gasteiger partial charge in [-0.1, -0.05) is 0 Å². The van der Waals surface area contributed by atoms with Crippen molar-refractivity contribution in [3.05, 3.63) is 18.0 Å². The van der Waals surface area contributed by atoms with E-state index in [-0.39, 0.29) is 6.04 Å². The SMILES string of the molecule is CNCc1cc(S(=O)(=O)NC2CCOCC2)c[nH]1. The molecule has 0 radical (unpaired) electrons. The molecule has 1 aromatic heterocycles. The third-order valence-electron chi connectivity index (χ3n) is 2.94. The van der Waals surface area contributed by atoms with Crippen LogP contribution in [0, 0.1) is 0 Å². The summed E-state index contributed by atoms with van der Waals surface area (Å²) in [5.41, 5.74) is 0.852. The van der Waals surface area contributed by atoms with E-state index in [0.717, 1.165) is 18.5 Å². The first-order chi connectivity index (χ1) is 8.62. The average Bonchev–Trinajstić information content (AvgIpc) is 2.80. The fourth-order valence-corrected chi connectivity index (χ4v) is 3.29. The molecule has 1 saturated heterocycles. The quantitative estimate of drug-likeness (QED) is 0.715. The minimum absolute atomic E-state index is 0.0219. The molecular weight excluding hydrogens is 254 g/mol. The Morgan fingerprint density at radius 1 is 1.44 bits per heavy atom. The van der Waals surface area contributed by atoms with E-state index in [1.165, 1.54) is 6.20 Å². The van der Waals surface area contributed by atoms with Crippen molar-refractivity contribution in [1.82, 2.24) is 15.0 Å². The predicted molar refractivity (Wildman–Crippen MR) is 67.7 cm³/mol. The molecule has 18 heavy (non-hydrogen) atoms. The van der Waals surface area contributed by atoms with Crippen molar-refractivity contribution in [2.24, 2.45) is 0 Å². The van der Waals surface area contributed by atoms with Gasteiger partial charge in [0.15, 0.2) is 0 Å². The maximum absolute atomic E-state index is 12.1. The highest BCUT2D eigenvalue weighted by atomic mass is 32.2. The molecule has 7 heteroatoms. The first-order valence-corrected chi connectivity index (χ1v) is 7.52. The number of aromatic amines is 1. The van der Waals surface area contributed by atoms with Gasteiger partial charge in [0.1, 0.15) is 0 Å².